The number of H-pyrrole nitrogens is 2. The Balaban J connectivity index is 1.53. The average molecular weight is 470 g/mol. The van der Waals surface area contributed by atoms with E-state index in [9.17, 15) is 18.0 Å². The molecule has 1 aliphatic carbocycles. The number of aromatic amines is 2. The SMILES string of the molecule is Cc1nc(C(=O)Nc2cc(-c3c[nH]c(=O)c(CS(=O)(=O)C4CC4)c3)cc3[nH]ncc23)cs1. The molecule has 5 rings (SSSR count). The quantitative estimate of drug-likeness (QED) is 0.397. The number of rotatable bonds is 6. The maximum absolute atomic E-state index is 12.7. The summed E-state index contributed by atoms with van der Waals surface area (Å²) >= 11 is 1.39. The van der Waals surface area contributed by atoms with Crippen molar-refractivity contribution in [2.75, 3.05) is 5.32 Å². The second kappa shape index (κ2) is 7.68. The van der Waals surface area contributed by atoms with Crippen LogP contribution < -0.4 is 10.9 Å². The minimum Gasteiger partial charge on any atom is -0.328 e. The van der Waals surface area contributed by atoms with Gasteiger partial charge in [-0.25, -0.2) is 13.4 Å². The molecule has 1 fully saturated rings. The lowest BCUT2D eigenvalue weighted by molar-refractivity contribution is 0.102. The van der Waals surface area contributed by atoms with Crippen LogP contribution in [0.15, 0.2) is 40.8 Å². The van der Waals surface area contributed by atoms with Gasteiger partial charge in [0.05, 0.1) is 33.4 Å². The number of hydrogen-bond acceptors (Lipinski definition) is 7. The molecule has 1 amide bonds. The highest BCUT2D eigenvalue weighted by Crippen LogP contribution is 2.32. The van der Waals surface area contributed by atoms with Crippen molar-refractivity contribution in [1.29, 1.82) is 0 Å². The third-order valence-corrected chi connectivity index (χ3v) is 8.33. The third kappa shape index (κ3) is 3.96. The van der Waals surface area contributed by atoms with Crippen molar-refractivity contribution in [2.24, 2.45) is 0 Å². The van der Waals surface area contributed by atoms with Crippen molar-refractivity contribution >= 4 is 43.7 Å². The molecule has 1 saturated carbocycles. The van der Waals surface area contributed by atoms with Gasteiger partial charge in [0.2, 0.25) is 0 Å². The highest BCUT2D eigenvalue weighted by Gasteiger charge is 2.36. The number of nitrogens with one attached hydrogen (secondary N) is 3. The van der Waals surface area contributed by atoms with Crippen LogP contribution in [0.3, 0.4) is 0 Å². The van der Waals surface area contributed by atoms with E-state index in [0.717, 1.165) is 10.4 Å². The van der Waals surface area contributed by atoms with Crippen LogP contribution in [0.1, 0.15) is 33.9 Å². The molecule has 0 bridgehead atoms. The zero-order chi connectivity index (χ0) is 22.5. The standard InChI is InChI=1S/C21H19N5O4S2/c1-11-24-19(9-31-11)21(28)25-17-5-12(6-18-16(17)8-23-26-18)13-4-14(20(27)22-7-13)10-32(29,30)15-2-3-15/h4-9,15H,2-3,10H2,1H3,(H,22,27)(H,23,26)(H,25,28). The zero-order valence-electron chi connectivity index (χ0n) is 17.0. The average Bonchev–Trinajstić information content (AvgIpc) is 3.37. The fourth-order valence-corrected chi connectivity index (χ4v) is 5.87. The van der Waals surface area contributed by atoms with Crippen molar-refractivity contribution in [1.82, 2.24) is 20.2 Å². The summed E-state index contributed by atoms with van der Waals surface area (Å²) in [6.45, 7) is 1.83. The largest absolute Gasteiger partial charge is 0.328 e. The summed E-state index contributed by atoms with van der Waals surface area (Å²) in [5, 5.41) is 12.7. The third-order valence-electron chi connectivity index (χ3n) is 5.36. The molecule has 1 aliphatic rings. The van der Waals surface area contributed by atoms with Crippen LogP contribution in [0.25, 0.3) is 22.0 Å². The molecule has 1 aromatic carbocycles. The number of amides is 1. The lowest BCUT2D eigenvalue weighted by Gasteiger charge is -2.10. The van der Waals surface area contributed by atoms with Gasteiger partial charge in [0.15, 0.2) is 9.84 Å². The zero-order valence-corrected chi connectivity index (χ0v) is 18.6. The smallest absolute Gasteiger partial charge is 0.275 e. The lowest BCUT2D eigenvalue weighted by atomic mass is 10.0. The van der Waals surface area contributed by atoms with Crippen LogP contribution in [0.2, 0.25) is 0 Å². The molecule has 3 aromatic heterocycles. The van der Waals surface area contributed by atoms with E-state index in [-0.39, 0.29) is 22.5 Å². The van der Waals surface area contributed by atoms with Gasteiger partial charge < -0.3 is 10.3 Å². The Hall–Kier alpha value is -3.31. The first-order chi connectivity index (χ1) is 15.3. The molecule has 3 N–H and O–H groups in total. The van der Waals surface area contributed by atoms with Crippen molar-refractivity contribution in [3.8, 4) is 11.1 Å². The molecule has 32 heavy (non-hydrogen) atoms. The normalized spacial score (nSPS) is 14.0. The predicted octanol–water partition coefficient (Wildman–Crippen LogP) is 3.01. The summed E-state index contributed by atoms with van der Waals surface area (Å²) in [6, 6.07) is 5.19. The van der Waals surface area contributed by atoms with Gasteiger partial charge in [-0.05, 0) is 49.1 Å². The summed E-state index contributed by atoms with van der Waals surface area (Å²) < 4.78 is 24.8. The van der Waals surface area contributed by atoms with Gasteiger partial charge in [0.25, 0.3) is 11.5 Å². The Kier molecular flexibility index (Phi) is 4.94. The molecule has 3 heterocycles. The molecule has 164 valence electrons. The number of benzene rings is 1. The van der Waals surface area contributed by atoms with Gasteiger partial charge >= 0.3 is 0 Å². The Morgan fingerprint density at radius 3 is 2.78 bits per heavy atom. The minimum absolute atomic E-state index is 0.197. The number of sulfone groups is 1. The second-order valence-corrected chi connectivity index (χ2v) is 11.2. The topological polar surface area (TPSA) is 138 Å². The van der Waals surface area contributed by atoms with Crippen molar-refractivity contribution < 1.29 is 13.2 Å². The fourth-order valence-electron chi connectivity index (χ4n) is 3.54. The predicted molar refractivity (Wildman–Crippen MR) is 123 cm³/mol. The van der Waals surface area contributed by atoms with Crippen LogP contribution in [-0.4, -0.2) is 39.7 Å². The number of carbonyl (C=O) groups is 1. The second-order valence-electron chi connectivity index (χ2n) is 7.81. The summed E-state index contributed by atoms with van der Waals surface area (Å²) in [6.07, 6.45) is 4.44. The Morgan fingerprint density at radius 2 is 2.06 bits per heavy atom. The number of hydrogen-bond donors (Lipinski definition) is 3. The Bertz CT molecular complexity index is 1510. The first-order valence-electron chi connectivity index (χ1n) is 9.94. The molecule has 9 nitrogen and oxygen atoms in total. The lowest BCUT2D eigenvalue weighted by Crippen LogP contribution is -2.18. The van der Waals surface area contributed by atoms with E-state index in [1.165, 1.54) is 17.5 Å². The highest BCUT2D eigenvalue weighted by atomic mass is 32.2. The van der Waals surface area contributed by atoms with E-state index in [4.69, 9.17) is 0 Å². The van der Waals surface area contributed by atoms with E-state index < -0.39 is 15.4 Å². The number of pyridine rings is 1. The number of carbonyl (C=O) groups excluding carboxylic acids is 1. The van der Waals surface area contributed by atoms with Crippen molar-refractivity contribution in [2.45, 2.75) is 30.8 Å². The summed E-state index contributed by atoms with van der Waals surface area (Å²) in [5.41, 5.74) is 2.63. The van der Waals surface area contributed by atoms with Crippen LogP contribution >= 0.6 is 11.3 Å². The number of anilines is 1. The van der Waals surface area contributed by atoms with Gasteiger partial charge in [-0.1, -0.05) is 0 Å². The van der Waals surface area contributed by atoms with Crippen LogP contribution in [0, 0.1) is 6.92 Å². The first kappa shape index (κ1) is 20.6. The molecule has 0 atom stereocenters. The molecule has 0 unspecified atom stereocenters. The van der Waals surface area contributed by atoms with Gasteiger partial charge in [-0.3, -0.25) is 14.7 Å². The molecular formula is C21H19N5O4S2. The molecule has 11 heteroatoms. The molecule has 0 aliphatic heterocycles. The number of aryl methyl sites for hydroxylation is 1. The first-order valence-corrected chi connectivity index (χ1v) is 12.5. The van der Waals surface area contributed by atoms with Gasteiger partial charge in [0.1, 0.15) is 5.69 Å². The van der Waals surface area contributed by atoms with Gasteiger partial charge in [-0.15, -0.1) is 11.3 Å². The molecule has 0 radical (unpaired) electrons. The Labute approximate surface area is 186 Å². The monoisotopic (exact) mass is 469 g/mol. The van der Waals surface area contributed by atoms with E-state index in [1.54, 1.807) is 23.7 Å². The number of aromatic nitrogens is 4. The number of thiazole rings is 1. The highest BCUT2D eigenvalue weighted by molar-refractivity contribution is 7.91. The molecule has 0 spiro atoms. The molecule has 0 saturated heterocycles. The number of nitrogens with zero attached hydrogens (tertiary/aromatic N) is 2. The summed E-state index contributed by atoms with van der Waals surface area (Å²) in [4.78, 5) is 31.8. The Morgan fingerprint density at radius 1 is 1.25 bits per heavy atom. The summed E-state index contributed by atoms with van der Waals surface area (Å²) in [7, 11) is -3.34. The van der Waals surface area contributed by atoms with Crippen molar-refractivity contribution in [3.05, 3.63) is 62.6 Å². The van der Waals surface area contributed by atoms with Crippen LogP contribution in [-0.2, 0) is 15.6 Å². The van der Waals surface area contributed by atoms with E-state index >= 15 is 0 Å². The number of fused-ring (bicyclic) bond motifs is 1. The summed E-state index contributed by atoms with van der Waals surface area (Å²) in [5.74, 6) is -0.633. The van der Waals surface area contributed by atoms with Gasteiger partial charge in [0, 0.05) is 22.5 Å². The molecule has 4 aromatic rings. The maximum atomic E-state index is 12.7. The van der Waals surface area contributed by atoms with E-state index in [0.29, 0.717) is 40.9 Å². The van der Waals surface area contributed by atoms with Gasteiger partial charge in [-0.2, -0.15) is 5.10 Å². The van der Waals surface area contributed by atoms with E-state index in [2.05, 4.69) is 25.5 Å². The van der Waals surface area contributed by atoms with E-state index in [1.807, 2.05) is 13.0 Å². The molecular weight excluding hydrogens is 450 g/mol. The fraction of sp³-hybridized carbons (Fsp3) is 0.238. The van der Waals surface area contributed by atoms with Crippen LogP contribution in [0.5, 0.6) is 0 Å². The minimum atomic E-state index is -3.34. The van der Waals surface area contributed by atoms with Crippen LogP contribution in [0.4, 0.5) is 5.69 Å². The van der Waals surface area contributed by atoms with Crippen molar-refractivity contribution in [3.63, 3.8) is 0 Å². The maximum Gasteiger partial charge on any atom is 0.275 e.